The maximum Gasteiger partial charge on any atom is 0.290 e. The molecule has 2 aromatic rings. The molecule has 5 nitrogen and oxygen atoms in total. The highest BCUT2D eigenvalue weighted by Crippen LogP contribution is 2.39. The molecule has 0 radical (unpaired) electrons. The summed E-state index contributed by atoms with van der Waals surface area (Å²) in [7, 11) is 0. The van der Waals surface area contributed by atoms with Crippen LogP contribution in [-0.2, 0) is 11.4 Å². The minimum Gasteiger partial charge on any atom is -0.490 e. The molecule has 0 unspecified atom stereocenters. The fraction of sp³-hybridized carbons (Fsp3) is 0.158. The van der Waals surface area contributed by atoms with E-state index in [0.717, 1.165) is 17.3 Å². The first kappa shape index (κ1) is 21.0. The van der Waals surface area contributed by atoms with Crippen LogP contribution in [-0.4, -0.2) is 17.8 Å². The van der Waals surface area contributed by atoms with E-state index in [4.69, 9.17) is 32.7 Å². The lowest BCUT2D eigenvalue weighted by Gasteiger charge is -2.15. The average Bonchev–Trinajstić information content (AvgIpc) is 2.94. The number of imide groups is 1. The number of amides is 2. The van der Waals surface area contributed by atoms with Crippen LogP contribution in [0.2, 0.25) is 10.0 Å². The Balaban J connectivity index is 1.86. The van der Waals surface area contributed by atoms with Crippen molar-refractivity contribution in [1.82, 2.24) is 5.32 Å². The zero-order valence-corrected chi connectivity index (χ0v) is 18.5. The molecule has 0 aromatic heterocycles. The van der Waals surface area contributed by atoms with Crippen molar-refractivity contribution in [2.24, 2.45) is 0 Å². The number of hydrogen-bond donors (Lipinski definition) is 1. The zero-order chi connectivity index (χ0) is 20.3. The summed E-state index contributed by atoms with van der Waals surface area (Å²) >= 11 is 16.3. The van der Waals surface area contributed by atoms with E-state index in [9.17, 15) is 9.59 Å². The third kappa shape index (κ3) is 5.03. The number of carbonyl (C=O) groups excluding carboxylic acids is 2. The maximum absolute atomic E-state index is 11.8. The molecular weight excluding hydrogens is 489 g/mol. The molecule has 0 atom stereocenters. The fourth-order valence-corrected chi connectivity index (χ4v) is 4.01. The Kier molecular flexibility index (Phi) is 6.93. The number of thioether (sulfide) groups is 1. The normalized spacial score (nSPS) is 15.1. The third-order valence-corrected chi connectivity index (χ3v) is 5.78. The first-order chi connectivity index (χ1) is 13.4. The van der Waals surface area contributed by atoms with E-state index in [1.807, 2.05) is 13.0 Å². The van der Waals surface area contributed by atoms with Gasteiger partial charge in [0.05, 0.1) is 26.0 Å². The van der Waals surface area contributed by atoms with Crippen LogP contribution < -0.4 is 14.8 Å². The van der Waals surface area contributed by atoms with Crippen LogP contribution in [0.4, 0.5) is 4.79 Å². The number of hydrogen-bond acceptors (Lipinski definition) is 5. The minimum absolute atomic E-state index is 0.267. The second kappa shape index (κ2) is 9.22. The maximum atomic E-state index is 11.8. The van der Waals surface area contributed by atoms with Gasteiger partial charge in [0.2, 0.25) is 0 Å². The first-order valence-corrected chi connectivity index (χ1v) is 10.5. The van der Waals surface area contributed by atoms with Gasteiger partial charge in [-0.3, -0.25) is 14.9 Å². The quantitative estimate of drug-likeness (QED) is 0.486. The van der Waals surface area contributed by atoms with E-state index in [2.05, 4.69) is 21.2 Å². The van der Waals surface area contributed by atoms with Crippen molar-refractivity contribution in [2.75, 3.05) is 6.61 Å². The van der Waals surface area contributed by atoms with Gasteiger partial charge in [-0.1, -0.05) is 29.3 Å². The molecule has 0 saturated carbocycles. The van der Waals surface area contributed by atoms with Crippen LogP contribution in [0.5, 0.6) is 11.5 Å². The molecule has 146 valence electrons. The molecule has 2 aromatic carbocycles. The molecule has 3 rings (SSSR count). The lowest BCUT2D eigenvalue weighted by molar-refractivity contribution is -0.115. The van der Waals surface area contributed by atoms with Gasteiger partial charge in [-0.2, -0.15) is 0 Å². The number of benzene rings is 2. The van der Waals surface area contributed by atoms with E-state index in [-0.39, 0.29) is 11.8 Å². The lowest BCUT2D eigenvalue weighted by Crippen LogP contribution is -2.17. The molecule has 28 heavy (non-hydrogen) atoms. The number of carbonyl (C=O) groups is 2. The smallest absolute Gasteiger partial charge is 0.290 e. The number of halogens is 3. The summed E-state index contributed by atoms with van der Waals surface area (Å²) in [6.07, 6.45) is 1.63. The first-order valence-electron chi connectivity index (χ1n) is 8.15. The molecule has 0 spiro atoms. The lowest BCUT2D eigenvalue weighted by atomic mass is 10.1. The minimum atomic E-state index is -0.413. The van der Waals surface area contributed by atoms with E-state index >= 15 is 0 Å². The second-order valence-corrected chi connectivity index (χ2v) is 8.34. The predicted octanol–water partition coefficient (Wildman–Crippen LogP) is 6.06. The third-order valence-electron chi connectivity index (χ3n) is 3.64. The molecule has 2 amide bonds. The predicted molar refractivity (Wildman–Crippen MR) is 115 cm³/mol. The highest BCUT2D eigenvalue weighted by Gasteiger charge is 2.25. The summed E-state index contributed by atoms with van der Waals surface area (Å²) in [6, 6.07) is 8.82. The van der Waals surface area contributed by atoms with Gasteiger partial charge in [-0.15, -0.1) is 0 Å². The monoisotopic (exact) mass is 501 g/mol. The summed E-state index contributed by atoms with van der Waals surface area (Å²) in [4.78, 5) is 23.4. The molecule has 1 aliphatic heterocycles. The van der Waals surface area contributed by atoms with Gasteiger partial charge in [0.1, 0.15) is 6.61 Å². The van der Waals surface area contributed by atoms with Crippen molar-refractivity contribution < 1.29 is 19.1 Å². The van der Waals surface area contributed by atoms with Gasteiger partial charge in [-0.25, -0.2) is 0 Å². The average molecular weight is 503 g/mol. The summed E-state index contributed by atoms with van der Waals surface area (Å²) in [5, 5.41) is 2.77. The second-order valence-electron chi connectivity index (χ2n) is 5.65. The van der Waals surface area contributed by atoms with Crippen LogP contribution in [0.25, 0.3) is 6.08 Å². The molecule has 0 bridgehead atoms. The highest BCUT2D eigenvalue weighted by atomic mass is 79.9. The summed E-state index contributed by atoms with van der Waals surface area (Å²) < 4.78 is 12.3. The van der Waals surface area contributed by atoms with Gasteiger partial charge in [0, 0.05) is 0 Å². The van der Waals surface area contributed by atoms with E-state index in [0.29, 0.717) is 43.1 Å². The van der Waals surface area contributed by atoms with Crippen LogP contribution in [0.15, 0.2) is 39.7 Å². The van der Waals surface area contributed by atoms with Crippen LogP contribution in [0, 0.1) is 0 Å². The Morgan fingerprint density at radius 2 is 1.93 bits per heavy atom. The Hall–Kier alpha value is -1.67. The van der Waals surface area contributed by atoms with Gasteiger partial charge >= 0.3 is 0 Å². The molecule has 1 N–H and O–H groups in total. The molecule has 1 aliphatic rings. The van der Waals surface area contributed by atoms with Gasteiger partial charge in [0.15, 0.2) is 11.5 Å². The van der Waals surface area contributed by atoms with Crippen LogP contribution in [0.1, 0.15) is 18.1 Å². The van der Waals surface area contributed by atoms with Crippen LogP contribution >= 0.6 is 50.9 Å². The Morgan fingerprint density at radius 3 is 2.57 bits per heavy atom. The fourth-order valence-electron chi connectivity index (χ4n) is 2.43. The van der Waals surface area contributed by atoms with Gasteiger partial charge in [-0.05, 0) is 76.1 Å². The standard InChI is InChI=1S/C19H14BrCl2NO4S/c1-2-26-15-7-11(8-16-18(24)23-19(25)28-16)5-12(20)17(15)27-9-10-3-4-13(21)14(22)6-10/h3-8H,2,9H2,1H3,(H,23,24,25)/b16-8-. The largest absolute Gasteiger partial charge is 0.490 e. The molecule has 1 saturated heterocycles. The van der Waals surface area contributed by atoms with Crippen molar-refractivity contribution in [3.05, 3.63) is 60.9 Å². The van der Waals surface area contributed by atoms with E-state index in [1.165, 1.54) is 0 Å². The van der Waals surface area contributed by atoms with Crippen molar-refractivity contribution >= 4 is 68.1 Å². The SMILES string of the molecule is CCOc1cc(/C=C2\SC(=O)NC2=O)cc(Br)c1OCc1ccc(Cl)c(Cl)c1. The van der Waals surface area contributed by atoms with Crippen molar-refractivity contribution in [2.45, 2.75) is 13.5 Å². The number of rotatable bonds is 6. The van der Waals surface area contributed by atoms with Crippen molar-refractivity contribution in [3.8, 4) is 11.5 Å². The summed E-state index contributed by atoms with van der Waals surface area (Å²) in [5.41, 5.74) is 1.55. The molecule has 9 heteroatoms. The van der Waals surface area contributed by atoms with Crippen LogP contribution in [0.3, 0.4) is 0 Å². The zero-order valence-electron chi connectivity index (χ0n) is 14.6. The van der Waals surface area contributed by atoms with Crippen molar-refractivity contribution in [3.63, 3.8) is 0 Å². The van der Waals surface area contributed by atoms with E-state index in [1.54, 1.807) is 30.3 Å². The molecule has 1 heterocycles. The summed E-state index contributed by atoms with van der Waals surface area (Å²) in [6.45, 7) is 2.56. The van der Waals surface area contributed by atoms with Gasteiger partial charge < -0.3 is 9.47 Å². The molecule has 1 fully saturated rings. The number of nitrogens with one attached hydrogen (secondary N) is 1. The number of ether oxygens (including phenoxy) is 2. The van der Waals surface area contributed by atoms with Crippen molar-refractivity contribution in [1.29, 1.82) is 0 Å². The highest BCUT2D eigenvalue weighted by molar-refractivity contribution is 9.10. The summed E-state index contributed by atoms with van der Waals surface area (Å²) in [5.74, 6) is 0.622. The molecule has 0 aliphatic carbocycles. The Morgan fingerprint density at radius 1 is 1.14 bits per heavy atom. The van der Waals surface area contributed by atoms with E-state index < -0.39 is 5.91 Å². The Labute approximate surface area is 184 Å². The molecular formula is C19H14BrCl2NO4S. The Bertz CT molecular complexity index is 981. The van der Waals surface area contributed by atoms with Gasteiger partial charge in [0.25, 0.3) is 11.1 Å². The topological polar surface area (TPSA) is 64.6 Å².